The summed E-state index contributed by atoms with van der Waals surface area (Å²) < 4.78 is 5.68. The van der Waals surface area contributed by atoms with Crippen LogP contribution in [0.5, 0.6) is 5.75 Å². The number of hydrogen-bond donors (Lipinski definition) is 1. The van der Waals surface area contributed by atoms with Gasteiger partial charge in [0, 0.05) is 18.1 Å². The van der Waals surface area contributed by atoms with E-state index in [0.29, 0.717) is 12.3 Å². The number of halogens is 1. The predicted octanol–water partition coefficient (Wildman–Crippen LogP) is 3.82. The Kier molecular flexibility index (Phi) is 5.90. The Labute approximate surface area is 131 Å². The van der Waals surface area contributed by atoms with Crippen LogP contribution in [0.1, 0.15) is 12.0 Å². The van der Waals surface area contributed by atoms with Gasteiger partial charge in [-0.3, -0.25) is 0 Å². The van der Waals surface area contributed by atoms with E-state index in [4.69, 9.17) is 22.1 Å². The van der Waals surface area contributed by atoms with E-state index in [1.54, 1.807) is 0 Å². The number of ether oxygens (including phenoxy) is 1. The number of anilines is 1. The quantitative estimate of drug-likeness (QED) is 0.624. The molecule has 4 heteroatoms. The Morgan fingerprint density at radius 3 is 2.57 bits per heavy atom. The van der Waals surface area contributed by atoms with Crippen LogP contribution in [-0.2, 0) is 6.54 Å². The SMILES string of the molecule is CN(CCCOc1ccccc1N)Cc1ccccc1Cl. The van der Waals surface area contributed by atoms with Gasteiger partial charge in [0.2, 0.25) is 0 Å². The Bertz CT molecular complexity index is 574. The van der Waals surface area contributed by atoms with Crippen LogP contribution in [0.25, 0.3) is 0 Å². The van der Waals surface area contributed by atoms with Crippen LogP contribution >= 0.6 is 11.6 Å². The second-order valence-electron chi connectivity index (χ2n) is 5.07. The molecule has 21 heavy (non-hydrogen) atoms. The molecular weight excluding hydrogens is 284 g/mol. The second kappa shape index (κ2) is 7.91. The minimum Gasteiger partial charge on any atom is -0.491 e. The summed E-state index contributed by atoms with van der Waals surface area (Å²) in [5, 5.41) is 0.817. The lowest BCUT2D eigenvalue weighted by Crippen LogP contribution is -2.21. The van der Waals surface area contributed by atoms with Gasteiger partial charge in [0.15, 0.2) is 0 Å². The van der Waals surface area contributed by atoms with E-state index in [0.717, 1.165) is 35.8 Å². The van der Waals surface area contributed by atoms with Crippen molar-refractivity contribution in [2.24, 2.45) is 0 Å². The first kappa shape index (κ1) is 15.7. The maximum Gasteiger partial charge on any atom is 0.142 e. The molecule has 2 rings (SSSR count). The second-order valence-corrected chi connectivity index (χ2v) is 5.48. The Morgan fingerprint density at radius 2 is 1.81 bits per heavy atom. The minimum atomic E-state index is 0.654. The van der Waals surface area contributed by atoms with Crippen molar-refractivity contribution in [1.29, 1.82) is 0 Å². The van der Waals surface area contributed by atoms with Gasteiger partial charge in [-0.25, -0.2) is 0 Å². The fourth-order valence-electron chi connectivity index (χ4n) is 2.13. The highest BCUT2D eigenvalue weighted by molar-refractivity contribution is 6.31. The van der Waals surface area contributed by atoms with Gasteiger partial charge in [-0.2, -0.15) is 0 Å². The smallest absolute Gasteiger partial charge is 0.142 e. The maximum atomic E-state index is 6.16. The van der Waals surface area contributed by atoms with Gasteiger partial charge in [-0.15, -0.1) is 0 Å². The van der Waals surface area contributed by atoms with Crippen LogP contribution < -0.4 is 10.5 Å². The summed E-state index contributed by atoms with van der Waals surface area (Å²) >= 11 is 6.16. The van der Waals surface area contributed by atoms with Gasteiger partial charge in [0.25, 0.3) is 0 Å². The first-order valence-electron chi connectivity index (χ1n) is 7.06. The number of nitrogens with zero attached hydrogens (tertiary/aromatic N) is 1. The number of nitrogens with two attached hydrogens (primary N) is 1. The summed E-state index contributed by atoms with van der Waals surface area (Å²) in [6.45, 7) is 2.44. The van der Waals surface area contributed by atoms with Gasteiger partial charge in [-0.05, 0) is 37.2 Å². The maximum absolute atomic E-state index is 6.16. The average Bonchev–Trinajstić information content (AvgIpc) is 2.48. The number of para-hydroxylation sites is 2. The summed E-state index contributed by atoms with van der Waals surface area (Å²) in [7, 11) is 2.08. The topological polar surface area (TPSA) is 38.5 Å². The number of benzene rings is 2. The first-order valence-corrected chi connectivity index (χ1v) is 7.44. The zero-order valence-corrected chi connectivity index (χ0v) is 13.0. The van der Waals surface area contributed by atoms with E-state index in [1.165, 1.54) is 0 Å². The summed E-state index contributed by atoms with van der Waals surface area (Å²) in [5.74, 6) is 0.756. The molecule has 0 spiro atoms. The van der Waals surface area contributed by atoms with Gasteiger partial charge in [-0.1, -0.05) is 41.9 Å². The molecule has 0 saturated heterocycles. The highest BCUT2D eigenvalue weighted by atomic mass is 35.5. The van der Waals surface area contributed by atoms with E-state index in [2.05, 4.69) is 18.0 Å². The zero-order chi connectivity index (χ0) is 15.1. The van der Waals surface area contributed by atoms with E-state index in [9.17, 15) is 0 Å². The molecule has 2 N–H and O–H groups in total. The third-order valence-corrected chi connectivity index (χ3v) is 3.63. The number of nitrogen functional groups attached to an aromatic ring is 1. The van der Waals surface area contributed by atoms with Crippen molar-refractivity contribution in [2.75, 3.05) is 25.9 Å². The van der Waals surface area contributed by atoms with Crippen LogP contribution in [0.4, 0.5) is 5.69 Å². The van der Waals surface area contributed by atoms with Gasteiger partial charge < -0.3 is 15.4 Å². The van der Waals surface area contributed by atoms with E-state index < -0.39 is 0 Å². The molecule has 0 aliphatic carbocycles. The van der Waals surface area contributed by atoms with Crippen LogP contribution in [0, 0.1) is 0 Å². The molecular formula is C17H21ClN2O. The standard InChI is InChI=1S/C17H21ClN2O/c1-20(13-14-7-2-3-8-15(14)18)11-6-12-21-17-10-5-4-9-16(17)19/h2-5,7-10H,6,11-13,19H2,1H3. The van der Waals surface area contributed by atoms with Crippen LogP contribution in [-0.4, -0.2) is 25.1 Å². The van der Waals surface area contributed by atoms with Crippen molar-refractivity contribution in [2.45, 2.75) is 13.0 Å². The summed E-state index contributed by atoms with van der Waals surface area (Å²) in [4.78, 5) is 2.24. The molecule has 0 atom stereocenters. The first-order chi connectivity index (χ1) is 10.2. The molecule has 112 valence electrons. The monoisotopic (exact) mass is 304 g/mol. The highest BCUT2D eigenvalue weighted by Gasteiger charge is 2.04. The van der Waals surface area contributed by atoms with E-state index in [1.807, 2.05) is 42.5 Å². The molecule has 0 amide bonds. The summed E-state index contributed by atoms with van der Waals surface area (Å²) in [5.41, 5.74) is 7.66. The molecule has 3 nitrogen and oxygen atoms in total. The third-order valence-electron chi connectivity index (χ3n) is 3.26. The molecule has 0 aromatic heterocycles. The number of hydrogen-bond acceptors (Lipinski definition) is 3. The molecule has 0 bridgehead atoms. The van der Waals surface area contributed by atoms with Crippen molar-refractivity contribution < 1.29 is 4.74 Å². The molecule has 0 radical (unpaired) electrons. The Balaban J connectivity index is 1.71. The van der Waals surface area contributed by atoms with Gasteiger partial charge >= 0.3 is 0 Å². The normalized spacial score (nSPS) is 10.8. The number of rotatable bonds is 7. The fourth-order valence-corrected chi connectivity index (χ4v) is 2.32. The van der Waals surface area contributed by atoms with Crippen LogP contribution in [0.2, 0.25) is 5.02 Å². The lowest BCUT2D eigenvalue weighted by atomic mass is 10.2. The van der Waals surface area contributed by atoms with Crippen molar-refractivity contribution in [1.82, 2.24) is 4.90 Å². The summed E-state index contributed by atoms with van der Waals surface area (Å²) in [6.07, 6.45) is 0.940. The Hall–Kier alpha value is -1.71. The zero-order valence-electron chi connectivity index (χ0n) is 12.3. The molecule has 2 aromatic rings. The van der Waals surface area contributed by atoms with Crippen molar-refractivity contribution >= 4 is 17.3 Å². The Morgan fingerprint density at radius 1 is 1.10 bits per heavy atom. The van der Waals surface area contributed by atoms with Crippen molar-refractivity contribution in [3.05, 3.63) is 59.1 Å². The van der Waals surface area contributed by atoms with Crippen LogP contribution in [0.3, 0.4) is 0 Å². The van der Waals surface area contributed by atoms with E-state index >= 15 is 0 Å². The van der Waals surface area contributed by atoms with E-state index in [-0.39, 0.29) is 0 Å². The third kappa shape index (κ3) is 4.96. The van der Waals surface area contributed by atoms with Gasteiger partial charge in [0.05, 0.1) is 12.3 Å². The molecule has 0 aliphatic rings. The molecule has 0 saturated carbocycles. The average molecular weight is 305 g/mol. The largest absolute Gasteiger partial charge is 0.491 e. The lowest BCUT2D eigenvalue weighted by molar-refractivity contribution is 0.259. The van der Waals surface area contributed by atoms with Crippen LogP contribution in [0.15, 0.2) is 48.5 Å². The molecule has 0 aliphatic heterocycles. The highest BCUT2D eigenvalue weighted by Crippen LogP contribution is 2.20. The van der Waals surface area contributed by atoms with Gasteiger partial charge in [0.1, 0.15) is 5.75 Å². The predicted molar refractivity (Wildman–Crippen MR) is 88.8 cm³/mol. The van der Waals surface area contributed by atoms with Crippen molar-refractivity contribution in [3.8, 4) is 5.75 Å². The fraction of sp³-hybridized carbons (Fsp3) is 0.294. The molecule has 2 aromatic carbocycles. The molecule has 0 heterocycles. The molecule has 0 unspecified atom stereocenters. The lowest BCUT2D eigenvalue weighted by Gasteiger charge is -2.17. The minimum absolute atomic E-state index is 0.654. The summed E-state index contributed by atoms with van der Waals surface area (Å²) in [6, 6.07) is 15.5. The van der Waals surface area contributed by atoms with Crippen molar-refractivity contribution in [3.63, 3.8) is 0 Å². The molecule has 0 fully saturated rings.